The summed E-state index contributed by atoms with van der Waals surface area (Å²) in [6.45, 7) is 5.16. The molecular formula is C15H25ClN2O3. The van der Waals surface area contributed by atoms with Gasteiger partial charge < -0.3 is 20.5 Å². The third-order valence-corrected chi connectivity index (χ3v) is 2.70. The standard InChI is InChI=1S/C15H24N2O3.ClH/c1-11(2)20-13-7-6-12(10-14(13)19-3)15(18)17-9-5-4-8-16;/h6-7,10-11H,4-5,8-9,16H2,1-3H3,(H,17,18);1H. The second-order valence-electron chi connectivity index (χ2n) is 4.78. The zero-order valence-electron chi connectivity index (χ0n) is 12.8. The minimum Gasteiger partial charge on any atom is -0.493 e. The van der Waals surface area contributed by atoms with Crippen molar-refractivity contribution in [3.05, 3.63) is 23.8 Å². The molecule has 21 heavy (non-hydrogen) atoms. The molecule has 0 saturated carbocycles. The molecule has 0 atom stereocenters. The molecule has 0 aliphatic rings. The summed E-state index contributed by atoms with van der Waals surface area (Å²) in [4.78, 5) is 12.0. The van der Waals surface area contributed by atoms with Gasteiger partial charge in [-0.05, 0) is 51.4 Å². The summed E-state index contributed by atoms with van der Waals surface area (Å²) in [5, 5.41) is 2.85. The number of amides is 1. The maximum absolute atomic E-state index is 12.0. The number of benzene rings is 1. The number of unbranched alkanes of at least 4 members (excludes halogenated alkanes) is 1. The number of methoxy groups -OCH3 is 1. The molecule has 0 aromatic heterocycles. The van der Waals surface area contributed by atoms with Gasteiger partial charge in [-0.25, -0.2) is 0 Å². The molecule has 0 heterocycles. The van der Waals surface area contributed by atoms with Crippen molar-refractivity contribution < 1.29 is 14.3 Å². The monoisotopic (exact) mass is 316 g/mol. The molecular weight excluding hydrogens is 292 g/mol. The third-order valence-electron chi connectivity index (χ3n) is 2.70. The van der Waals surface area contributed by atoms with Crippen molar-refractivity contribution in [2.45, 2.75) is 32.8 Å². The fourth-order valence-corrected chi connectivity index (χ4v) is 1.73. The Kier molecular flexibility index (Phi) is 9.58. The van der Waals surface area contributed by atoms with E-state index in [1.807, 2.05) is 13.8 Å². The molecule has 1 amide bonds. The Hall–Kier alpha value is -1.46. The number of carbonyl (C=O) groups is 1. The molecule has 0 aliphatic carbocycles. The molecule has 1 aromatic rings. The van der Waals surface area contributed by atoms with Crippen LogP contribution in [-0.4, -0.2) is 32.2 Å². The van der Waals surface area contributed by atoms with E-state index in [1.165, 1.54) is 0 Å². The summed E-state index contributed by atoms with van der Waals surface area (Å²) in [7, 11) is 1.56. The van der Waals surface area contributed by atoms with Crippen LogP contribution in [0.3, 0.4) is 0 Å². The average molecular weight is 317 g/mol. The normalized spacial score (nSPS) is 9.95. The molecule has 0 fully saturated rings. The number of halogens is 1. The van der Waals surface area contributed by atoms with E-state index < -0.39 is 0 Å². The first-order chi connectivity index (χ1) is 9.58. The molecule has 0 bridgehead atoms. The van der Waals surface area contributed by atoms with E-state index in [0.717, 1.165) is 12.8 Å². The average Bonchev–Trinajstić information content (AvgIpc) is 2.43. The van der Waals surface area contributed by atoms with Crippen LogP contribution in [0.1, 0.15) is 37.0 Å². The first kappa shape index (κ1) is 19.5. The van der Waals surface area contributed by atoms with E-state index in [4.69, 9.17) is 15.2 Å². The van der Waals surface area contributed by atoms with E-state index >= 15 is 0 Å². The number of nitrogens with two attached hydrogens (primary N) is 1. The largest absolute Gasteiger partial charge is 0.493 e. The molecule has 0 radical (unpaired) electrons. The van der Waals surface area contributed by atoms with Crippen molar-refractivity contribution in [1.29, 1.82) is 0 Å². The lowest BCUT2D eigenvalue weighted by atomic mass is 10.2. The Bertz CT molecular complexity index is 439. The lowest BCUT2D eigenvalue weighted by Crippen LogP contribution is -2.24. The Balaban J connectivity index is 0.00000400. The van der Waals surface area contributed by atoms with E-state index in [9.17, 15) is 4.79 Å². The van der Waals surface area contributed by atoms with Gasteiger partial charge in [0, 0.05) is 12.1 Å². The van der Waals surface area contributed by atoms with E-state index in [0.29, 0.717) is 30.2 Å². The van der Waals surface area contributed by atoms with Gasteiger partial charge in [0.2, 0.25) is 0 Å². The van der Waals surface area contributed by atoms with Gasteiger partial charge in [0.25, 0.3) is 5.91 Å². The van der Waals surface area contributed by atoms with Crippen LogP contribution in [-0.2, 0) is 0 Å². The second-order valence-corrected chi connectivity index (χ2v) is 4.78. The van der Waals surface area contributed by atoms with Crippen LogP contribution in [0, 0.1) is 0 Å². The molecule has 1 rings (SSSR count). The Morgan fingerprint density at radius 2 is 2.00 bits per heavy atom. The van der Waals surface area contributed by atoms with E-state index in [2.05, 4.69) is 5.32 Å². The SMILES string of the molecule is COc1cc(C(=O)NCCCCN)ccc1OC(C)C.Cl. The number of hydrogen-bond donors (Lipinski definition) is 2. The van der Waals surface area contributed by atoms with E-state index in [1.54, 1.807) is 25.3 Å². The summed E-state index contributed by atoms with van der Waals surface area (Å²) in [5.74, 6) is 1.09. The number of hydrogen-bond acceptors (Lipinski definition) is 4. The van der Waals surface area contributed by atoms with Gasteiger partial charge in [-0.3, -0.25) is 4.79 Å². The van der Waals surface area contributed by atoms with Crippen molar-refractivity contribution in [2.75, 3.05) is 20.2 Å². The van der Waals surface area contributed by atoms with Crippen molar-refractivity contribution >= 4 is 18.3 Å². The summed E-state index contributed by atoms with van der Waals surface area (Å²) in [5.41, 5.74) is 5.97. The summed E-state index contributed by atoms with van der Waals surface area (Å²) in [6, 6.07) is 5.18. The first-order valence-corrected chi connectivity index (χ1v) is 6.91. The van der Waals surface area contributed by atoms with Crippen LogP contribution < -0.4 is 20.5 Å². The van der Waals surface area contributed by atoms with Gasteiger partial charge in [-0.15, -0.1) is 12.4 Å². The number of nitrogens with one attached hydrogen (secondary N) is 1. The molecule has 5 nitrogen and oxygen atoms in total. The molecule has 120 valence electrons. The van der Waals surface area contributed by atoms with Crippen molar-refractivity contribution in [1.82, 2.24) is 5.32 Å². The second kappa shape index (κ2) is 10.3. The van der Waals surface area contributed by atoms with Gasteiger partial charge in [-0.2, -0.15) is 0 Å². The minimum atomic E-state index is -0.114. The Morgan fingerprint density at radius 1 is 1.29 bits per heavy atom. The number of carbonyl (C=O) groups excluding carboxylic acids is 1. The van der Waals surface area contributed by atoms with Gasteiger partial charge in [-0.1, -0.05) is 0 Å². The van der Waals surface area contributed by atoms with E-state index in [-0.39, 0.29) is 24.4 Å². The van der Waals surface area contributed by atoms with Crippen LogP contribution in [0.25, 0.3) is 0 Å². The molecule has 0 spiro atoms. The minimum absolute atomic E-state index is 0. The van der Waals surface area contributed by atoms with Gasteiger partial charge in [0.1, 0.15) is 0 Å². The highest BCUT2D eigenvalue weighted by Crippen LogP contribution is 2.28. The highest BCUT2D eigenvalue weighted by Gasteiger charge is 2.11. The zero-order chi connectivity index (χ0) is 15.0. The highest BCUT2D eigenvalue weighted by molar-refractivity contribution is 5.94. The zero-order valence-corrected chi connectivity index (χ0v) is 13.7. The quantitative estimate of drug-likeness (QED) is 0.722. The van der Waals surface area contributed by atoms with Crippen LogP contribution in [0.4, 0.5) is 0 Å². The van der Waals surface area contributed by atoms with Gasteiger partial charge >= 0.3 is 0 Å². The molecule has 3 N–H and O–H groups in total. The summed E-state index contributed by atoms with van der Waals surface area (Å²) in [6.07, 6.45) is 1.85. The van der Waals surface area contributed by atoms with Crippen LogP contribution in [0.5, 0.6) is 11.5 Å². The highest BCUT2D eigenvalue weighted by atomic mass is 35.5. The maximum atomic E-state index is 12.0. The first-order valence-electron chi connectivity index (χ1n) is 6.91. The fourth-order valence-electron chi connectivity index (χ4n) is 1.73. The molecule has 0 aliphatic heterocycles. The number of ether oxygens (including phenoxy) is 2. The smallest absolute Gasteiger partial charge is 0.251 e. The van der Waals surface area contributed by atoms with Crippen molar-refractivity contribution in [3.8, 4) is 11.5 Å². The molecule has 0 unspecified atom stereocenters. The predicted molar refractivity (Wildman–Crippen MR) is 86.6 cm³/mol. The van der Waals surface area contributed by atoms with Gasteiger partial charge in [0.15, 0.2) is 11.5 Å². The lowest BCUT2D eigenvalue weighted by molar-refractivity contribution is 0.0952. The lowest BCUT2D eigenvalue weighted by Gasteiger charge is -2.14. The van der Waals surface area contributed by atoms with Gasteiger partial charge in [0.05, 0.1) is 13.2 Å². The molecule has 1 aromatic carbocycles. The van der Waals surface area contributed by atoms with Crippen LogP contribution >= 0.6 is 12.4 Å². The van der Waals surface area contributed by atoms with Crippen molar-refractivity contribution in [3.63, 3.8) is 0 Å². The fraction of sp³-hybridized carbons (Fsp3) is 0.533. The molecule has 0 saturated heterocycles. The Morgan fingerprint density at radius 3 is 2.57 bits per heavy atom. The maximum Gasteiger partial charge on any atom is 0.251 e. The predicted octanol–water partition coefficient (Wildman–Crippen LogP) is 2.37. The Labute approximate surface area is 132 Å². The topological polar surface area (TPSA) is 73.6 Å². The summed E-state index contributed by atoms with van der Waals surface area (Å²) < 4.78 is 10.9. The third kappa shape index (κ3) is 6.69. The summed E-state index contributed by atoms with van der Waals surface area (Å²) >= 11 is 0. The number of rotatable bonds is 8. The molecule has 6 heteroatoms. The van der Waals surface area contributed by atoms with Crippen LogP contribution in [0.15, 0.2) is 18.2 Å². The van der Waals surface area contributed by atoms with Crippen molar-refractivity contribution in [2.24, 2.45) is 5.73 Å². The van der Waals surface area contributed by atoms with Crippen LogP contribution in [0.2, 0.25) is 0 Å².